The Bertz CT molecular complexity index is 266. The second-order valence-corrected chi connectivity index (χ2v) is 3.54. The van der Waals surface area contributed by atoms with E-state index in [9.17, 15) is 5.11 Å². The van der Waals surface area contributed by atoms with E-state index in [-0.39, 0.29) is 5.92 Å². The molecule has 0 aliphatic heterocycles. The molecular formula is C13H18O. The van der Waals surface area contributed by atoms with Crippen LogP contribution >= 0.6 is 0 Å². The maximum atomic E-state index is 10.0. The highest BCUT2D eigenvalue weighted by molar-refractivity contribution is 5.18. The molecule has 0 amide bonds. The first-order valence-corrected chi connectivity index (χ1v) is 5.15. The lowest BCUT2D eigenvalue weighted by Crippen LogP contribution is -2.09. The van der Waals surface area contributed by atoms with Gasteiger partial charge in [-0.05, 0) is 12.0 Å². The Hall–Kier alpha value is -1.08. The third-order valence-corrected chi connectivity index (χ3v) is 2.47. The molecule has 1 nitrogen and oxygen atoms in total. The Morgan fingerprint density at radius 3 is 2.50 bits per heavy atom. The fourth-order valence-corrected chi connectivity index (χ4v) is 1.64. The third kappa shape index (κ3) is 2.71. The van der Waals surface area contributed by atoms with Gasteiger partial charge in [0.2, 0.25) is 0 Å². The van der Waals surface area contributed by atoms with Crippen LogP contribution in [0.15, 0.2) is 43.0 Å². The summed E-state index contributed by atoms with van der Waals surface area (Å²) in [5.74, 6) is 0.169. The number of aliphatic hydroxyl groups is 1. The SMILES string of the molecule is C=CC(CCC)C(O)c1ccccc1. The van der Waals surface area contributed by atoms with E-state index in [1.807, 2.05) is 36.4 Å². The molecule has 1 rings (SSSR count). The molecule has 2 atom stereocenters. The molecule has 0 aliphatic carbocycles. The van der Waals surface area contributed by atoms with E-state index in [4.69, 9.17) is 0 Å². The molecule has 0 heterocycles. The van der Waals surface area contributed by atoms with Gasteiger partial charge in [-0.3, -0.25) is 0 Å². The Morgan fingerprint density at radius 1 is 1.36 bits per heavy atom. The van der Waals surface area contributed by atoms with Gasteiger partial charge in [0.1, 0.15) is 0 Å². The summed E-state index contributed by atoms with van der Waals surface area (Å²) < 4.78 is 0. The van der Waals surface area contributed by atoms with Crippen molar-refractivity contribution in [2.45, 2.75) is 25.9 Å². The van der Waals surface area contributed by atoms with Gasteiger partial charge in [0.25, 0.3) is 0 Å². The molecule has 0 bridgehead atoms. The van der Waals surface area contributed by atoms with Crippen LogP contribution in [0.2, 0.25) is 0 Å². The molecule has 76 valence electrons. The van der Waals surface area contributed by atoms with Crippen molar-refractivity contribution in [1.29, 1.82) is 0 Å². The summed E-state index contributed by atoms with van der Waals surface area (Å²) in [6, 6.07) is 9.77. The second kappa shape index (κ2) is 5.61. The summed E-state index contributed by atoms with van der Waals surface area (Å²) in [5.41, 5.74) is 0.978. The Morgan fingerprint density at radius 2 is 2.00 bits per heavy atom. The minimum Gasteiger partial charge on any atom is -0.388 e. The molecule has 0 saturated carbocycles. The second-order valence-electron chi connectivity index (χ2n) is 3.54. The highest BCUT2D eigenvalue weighted by atomic mass is 16.3. The third-order valence-electron chi connectivity index (χ3n) is 2.47. The highest BCUT2D eigenvalue weighted by Gasteiger charge is 2.16. The monoisotopic (exact) mass is 190 g/mol. The van der Waals surface area contributed by atoms with Crippen LogP contribution < -0.4 is 0 Å². The van der Waals surface area contributed by atoms with Gasteiger partial charge in [0.15, 0.2) is 0 Å². The van der Waals surface area contributed by atoms with Crippen molar-refractivity contribution in [1.82, 2.24) is 0 Å². The predicted molar refractivity (Wildman–Crippen MR) is 60.0 cm³/mol. The summed E-state index contributed by atoms with van der Waals surface area (Å²) in [6.45, 7) is 5.89. The van der Waals surface area contributed by atoms with Crippen LogP contribution in [0.3, 0.4) is 0 Å². The van der Waals surface area contributed by atoms with Crippen molar-refractivity contribution in [2.75, 3.05) is 0 Å². The van der Waals surface area contributed by atoms with E-state index in [1.165, 1.54) is 0 Å². The normalized spacial score (nSPS) is 14.7. The van der Waals surface area contributed by atoms with Gasteiger partial charge in [0, 0.05) is 5.92 Å². The van der Waals surface area contributed by atoms with Crippen LogP contribution in [0.5, 0.6) is 0 Å². The van der Waals surface area contributed by atoms with E-state index in [0.717, 1.165) is 18.4 Å². The van der Waals surface area contributed by atoms with Crippen molar-refractivity contribution in [3.8, 4) is 0 Å². The van der Waals surface area contributed by atoms with Crippen molar-refractivity contribution in [3.63, 3.8) is 0 Å². The zero-order valence-electron chi connectivity index (χ0n) is 8.69. The van der Waals surface area contributed by atoms with Crippen LogP contribution in [-0.4, -0.2) is 5.11 Å². The largest absolute Gasteiger partial charge is 0.388 e. The number of benzene rings is 1. The van der Waals surface area contributed by atoms with Crippen LogP contribution in [0, 0.1) is 5.92 Å². The molecule has 1 aromatic rings. The zero-order valence-corrected chi connectivity index (χ0v) is 8.69. The highest BCUT2D eigenvalue weighted by Crippen LogP contribution is 2.26. The van der Waals surface area contributed by atoms with Gasteiger partial charge in [0.05, 0.1) is 6.10 Å². The summed E-state index contributed by atoms with van der Waals surface area (Å²) in [5, 5.41) is 10.0. The first-order chi connectivity index (χ1) is 6.79. The summed E-state index contributed by atoms with van der Waals surface area (Å²) >= 11 is 0. The van der Waals surface area contributed by atoms with Crippen LogP contribution in [0.1, 0.15) is 31.4 Å². The number of rotatable bonds is 5. The van der Waals surface area contributed by atoms with E-state index >= 15 is 0 Å². The molecule has 0 spiro atoms. The van der Waals surface area contributed by atoms with Crippen molar-refractivity contribution >= 4 is 0 Å². The van der Waals surface area contributed by atoms with Gasteiger partial charge in [-0.25, -0.2) is 0 Å². The van der Waals surface area contributed by atoms with Gasteiger partial charge < -0.3 is 5.11 Å². The molecular weight excluding hydrogens is 172 g/mol. The number of hydrogen-bond donors (Lipinski definition) is 1. The number of hydrogen-bond acceptors (Lipinski definition) is 1. The average Bonchev–Trinajstić information content (AvgIpc) is 2.26. The molecule has 2 unspecified atom stereocenters. The Labute approximate surface area is 86.1 Å². The van der Waals surface area contributed by atoms with Crippen LogP contribution in [0.25, 0.3) is 0 Å². The maximum absolute atomic E-state index is 10.0. The van der Waals surface area contributed by atoms with E-state index < -0.39 is 6.10 Å². The van der Waals surface area contributed by atoms with Crippen LogP contribution in [0.4, 0.5) is 0 Å². The lowest BCUT2D eigenvalue weighted by Gasteiger charge is -2.19. The predicted octanol–water partition coefficient (Wildman–Crippen LogP) is 3.32. The van der Waals surface area contributed by atoms with Gasteiger partial charge in [-0.15, -0.1) is 6.58 Å². The summed E-state index contributed by atoms with van der Waals surface area (Å²) in [4.78, 5) is 0. The zero-order chi connectivity index (χ0) is 10.4. The van der Waals surface area contributed by atoms with Gasteiger partial charge in [-0.1, -0.05) is 49.8 Å². The van der Waals surface area contributed by atoms with E-state index in [2.05, 4.69) is 13.5 Å². The molecule has 1 heteroatoms. The van der Waals surface area contributed by atoms with Crippen molar-refractivity contribution in [2.24, 2.45) is 5.92 Å². The minimum absolute atomic E-state index is 0.169. The molecule has 0 fully saturated rings. The smallest absolute Gasteiger partial charge is 0.0852 e. The van der Waals surface area contributed by atoms with Crippen LogP contribution in [-0.2, 0) is 0 Å². The molecule has 0 aliphatic rings. The van der Waals surface area contributed by atoms with E-state index in [1.54, 1.807) is 0 Å². The van der Waals surface area contributed by atoms with Crippen molar-refractivity contribution < 1.29 is 5.11 Å². The molecule has 0 radical (unpaired) electrons. The summed E-state index contributed by atoms with van der Waals surface area (Å²) in [6.07, 6.45) is 3.50. The summed E-state index contributed by atoms with van der Waals surface area (Å²) in [7, 11) is 0. The average molecular weight is 190 g/mol. The first-order valence-electron chi connectivity index (χ1n) is 5.15. The lowest BCUT2D eigenvalue weighted by molar-refractivity contribution is 0.126. The molecule has 0 saturated heterocycles. The topological polar surface area (TPSA) is 20.2 Å². The van der Waals surface area contributed by atoms with Gasteiger partial charge >= 0.3 is 0 Å². The quantitative estimate of drug-likeness (QED) is 0.706. The Balaban J connectivity index is 2.72. The number of aliphatic hydroxyl groups excluding tert-OH is 1. The standard InChI is InChI=1S/C13H18O/c1-3-8-11(4-2)13(14)12-9-6-5-7-10-12/h4-7,9-11,13-14H,2-3,8H2,1H3. The molecule has 14 heavy (non-hydrogen) atoms. The minimum atomic E-state index is -0.409. The molecule has 1 N–H and O–H groups in total. The fraction of sp³-hybridized carbons (Fsp3) is 0.385. The lowest BCUT2D eigenvalue weighted by atomic mass is 9.92. The first kappa shape index (κ1) is 11.0. The Kier molecular flexibility index (Phi) is 4.41. The van der Waals surface area contributed by atoms with Gasteiger partial charge in [-0.2, -0.15) is 0 Å². The fourth-order valence-electron chi connectivity index (χ4n) is 1.64. The maximum Gasteiger partial charge on any atom is 0.0852 e. The molecule has 1 aromatic carbocycles. The van der Waals surface area contributed by atoms with E-state index in [0.29, 0.717) is 0 Å². The van der Waals surface area contributed by atoms with Crippen molar-refractivity contribution in [3.05, 3.63) is 48.6 Å². The molecule has 0 aromatic heterocycles.